The van der Waals surface area contributed by atoms with E-state index in [1.54, 1.807) is 30.5 Å². The van der Waals surface area contributed by atoms with Crippen LogP contribution in [0.1, 0.15) is 0 Å². The van der Waals surface area contributed by atoms with Crippen molar-refractivity contribution in [2.24, 2.45) is 5.10 Å². The molecule has 130 valence electrons. The summed E-state index contributed by atoms with van der Waals surface area (Å²) in [6.07, 6.45) is 1.65. The van der Waals surface area contributed by atoms with Gasteiger partial charge in [-0.2, -0.15) is 5.17 Å². The summed E-state index contributed by atoms with van der Waals surface area (Å²) in [4.78, 5) is 6.64. The lowest BCUT2D eigenvalue weighted by Gasteiger charge is -2.30. The number of hydrogen-bond acceptors (Lipinski definition) is 7. The molecule has 4 rings (SSSR count). The van der Waals surface area contributed by atoms with Crippen molar-refractivity contribution >= 4 is 28.8 Å². The van der Waals surface area contributed by atoms with Gasteiger partial charge in [0.05, 0.1) is 11.9 Å². The Bertz CT molecular complexity index is 774. The summed E-state index contributed by atoms with van der Waals surface area (Å²) in [7, 11) is 0. The van der Waals surface area contributed by atoms with Gasteiger partial charge in [-0.25, -0.2) is 4.98 Å². The van der Waals surface area contributed by atoms with Crippen molar-refractivity contribution in [3.05, 3.63) is 53.0 Å². The van der Waals surface area contributed by atoms with Crippen LogP contribution in [0.15, 0.2) is 47.7 Å². The third-order valence-corrected chi connectivity index (χ3v) is 4.28. The van der Waals surface area contributed by atoms with Gasteiger partial charge in [-0.15, -0.1) is 0 Å². The molecule has 0 spiro atoms. The highest BCUT2D eigenvalue weighted by Crippen LogP contribution is 2.16. The summed E-state index contributed by atoms with van der Waals surface area (Å²) in [5.74, 6) is 0.922. The van der Waals surface area contributed by atoms with Crippen LogP contribution in [0.4, 0.5) is 22.9 Å². The Labute approximate surface area is 144 Å². The number of guanidine groups is 1. The molecule has 25 heavy (non-hydrogen) atoms. The van der Waals surface area contributed by atoms with Crippen LogP contribution < -0.4 is 25.8 Å². The Morgan fingerprint density at radius 3 is 2.52 bits per heavy atom. The van der Waals surface area contributed by atoms with Crippen LogP contribution in [0, 0.1) is 10.4 Å². The van der Waals surface area contributed by atoms with Crippen molar-refractivity contribution in [3.8, 4) is 0 Å². The number of hydroxylamine groups is 1. The Kier molecular flexibility index (Phi) is 4.30. The van der Waals surface area contributed by atoms with Gasteiger partial charge >= 0.3 is 5.96 Å². The van der Waals surface area contributed by atoms with E-state index in [2.05, 4.69) is 25.6 Å². The predicted octanol–water partition coefficient (Wildman–Crippen LogP) is -1.08. The molecule has 1 fully saturated rings. The van der Waals surface area contributed by atoms with Gasteiger partial charge in [0, 0.05) is 43.4 Å². The maximum absolute atomic E-state index is 12.5. The Morgan fingerprint density at radius 1 is 1.04 bits per heavy atom. The molecule has 9 heteroatoms. The first kappa shape index (κ1) is 15.9. The van der Waals surface area contributed by atoms with E-state index in [9.17, 15) is 10.4 Å². The molecule has 2 aromatic rings. The van der Waals surface area contributed by atoms with E-state index in [0.717, 1.165) is 32.0 Å². The summed E-state index contributed by atoms with van der Waals surface area (Å²) in [5, 5.41) is 34.0. The number of pyridine rings is 1. The maximum Gasteiger partial charge on any atom is 0.358 e. The second-order valence-electron chi connectivity index (χ2n) is 5.91. The first-order valence-electron chi connectivity index (χ1n) is 8.18. The highest BCUT2D eigenvalue weighted by atomic mass is 16.5. The molecule has 2 aliphatic heterocycles. The minimum Gasteiger partial charge on any atom is -0.621 e. The number of piperazine rings is 1. The van der Waals surface area contributed by atoms with Gasteiger partial charge in [-0.3, -0.25) is 10.4 Å². The SMILES string of the molecule is [O-][NH+]1N=C(Nc2ccc(N3CCNCC3)nc2)[NH+]([O-])c2ccccc21. The predicted molar refractivity (Wildman–Crippen MR) is 94.8 cm³/mol. The van der Waals surface area contributed by atoms with Crippen LogP contribution in [0.2, 0.25) is 0 Å². The fourth-order valence-corrected chi connectivity index (χ4v) is 2.97. The van der Waals surface area contributed by atoms with Crippen molar-refractivity contribution in [1.29, 1.82) is 0 Å². The van der Waals surface area contributed by atoms with Crippen LogP contribution in [-0.4, -0.2) is 37.1 Å². The smallest absolute Gasteiger partial charge is 0.358 e. The first-order chi connectivity index (χ1) is 12.2. The molecule has 1 aromatic carbocycles. The molecule has 0 amide bonds. The zero-order valence-corrected chi connectivity index (χ0v) is 13.5. The summed E-state index contributed by atoms with van der Waals surface area (Å²) in [6.45, 7) is 3.70. The molecule has 0 aliphatic carbocycles. The van der Waals surface area contributed by atoms with Crippen LogP contribution in [-0.2, 0) is 0 Å². The summed E-state index contributed by atoms with van der Waals surface area (Å²) in [5.41, 5.74) is 1.33. The second-order valence-corrected chi connectivity index (χ2v) is 5.91. The summed E-state index contributed by atoms with van der Waals surface area (Å²) in [6, 6.07) is 10.4. The number of benzene rings is 1. The molecular weight excluding hydrogens is 322 g/mol. The van der Waals surface area contributed by atoms with E-state index in [-0.39, 0.29) is 11.0 Å². The normalized spacial score (nSPS) is 23.0. The zero-order chi connectivity index (χ0) is 17.2. The van der Waals surface area contributed by atoms with E-state index >= 15 is 0 Å². The van der Waals surface area contributed by atoms with E-state index in [0.29, 0.717) is 17.1 Å². The molecular formula is C16H19N7O2. The molecule has 0 radical (unpaired) electrons. The third-order valence-electron chi connectivity index (χ3n) is 4.28. The van der Waals surface area contributed by atoms with Gasteiger partial charge in [0.25, 0.3) is 0 Å². The summed E-state index contributed by atoms with van der Waals surface area (Å²) < 4.78 is 0. The van der Waals surface area contributed by atoms with E-state index in [4.69, 9.17) is 0 Å². The maximum atomic E-state index is 12.5. The van der Waals surface area contributed by atoms with Crippen LogP contribution in [0.3, 0.4) is 0 Å². The highest BCUT2D eigenvalue weighted by Gasteiger charge is 2.27. The average molecular weight is 341 g/mol. The molecule has 0 saturated carbocycles. The minimum absolute atomic E-state index is 0.0282. The quantitative estimate of drug-likeness (QED) is 0.518. The summed E-state index contributed by atoms with van der Waals surface area (Å²) >= 11 is 0. The molecule has 4 N–H and O–H groups in total. The van der Waals surface area contributed by atoms with Crippen molar-refractivity contribution < 1.29 is 10.2 Å². The van der Waals surface area contributed by atoms with Crippen molar-refractivity contribution in [3.63, 3.8) is 0 Å². The van der Waals surface area contributed by atoms with Gasteiger partial charge in [0.2, 0.25) is 11.4 Å². The molecule has 0 bridgehead atoms. The number of nitrogens with one attached hydrogen (secondary N) is 4. The zero-order valence-electron chi connectivity index (χ0n) is 13.5. The number of anilines is 2. The molecule has 2 unspecified atom stereocenters. The lowest BCUT2D eigenvalue weighted by Crippen LogP contribution is -3.14. The molecule has 2 atom stereocenters. The first-order valence-corrected chi connectivity index (χ1v) is 8.18. The van der Waals surface area contributed by atoms with Crippen molar-refractivity contribution in [2.45, 2.75) is 0 Å². The lowest BCUT2D eigenvalue weighted by molar-refractivity contribution is -0.812. The molecule has 2 aliphatic rings. The number of rotatable bonds is 2. The Hall–Kier alpha value is -2.56. The van der Waals surface area contributed by atoms with Crippen LogP contribution in [0.25, 0.3) is 0 Å². The topological polar surface area (TPSA) is 108 Å². The fourth-order valence-electron chi connectivity index (χ4n) is 2.97. The molecule has 3 heterocycles. The monoisotopic (exact) mass is 341 g/mol. The fraction of sp³-hybridized carbons (Fsp3) is 0.250. The van der Waals surface area contributed by atoms with Gasteiger partial charge < -0.3 is 20.6 Å². The second kappa shape index (κ2) is 6.75. The Morgan fingerprint density at radius 2 is 1.80 bits per heavy atom. The standard InChI is InChI=1S/C16H19N7O2/c24-22-13-3-1-2-4-14(13)23(25)20-16(22)19-12-5-6-15(18-11-12)21-9-7-17-8-10-21/h1-6,11,17,22-23H,7-10H2,(H,19,20). The highest BCUT2D eigenvalue weighted by molar-refractivity contribution is 5.89. The molecule has 1 aromatic heterocycles. The third kappa shape index (κ3) is 3.18. The number of nitrogens with zero attached hydrogens (tertiary/aromatic N) is 3. The average Bonchev–Trinajstić information content (AvgIpc) is 2.67. The van der Waals surface area contributed by atoms with Gasteiger partial charge in [-0.05, 0) is 12.1 Å². The number of para-hydroxylation sites is 1. The van der Waals surface area contributed by atoms with Crippen LogP contribution >= 0.6 is 0 Å². The Balaban J connectivity index is 1.50. The molecule has 9 nitrogen and oxygen atoms in total. The van der Waals surface area contributed by atoms with E-state index in [1.165, 1.54) is 0 Å². The van der Waals surface area contributed by atoms with Gasteiger partial charge in [0.15, 0.2) is 0 Å². The van der Waals surface area contributed by atoms with Gasteiger partial charge in [0.1, 0.15) is 5.82 Å². The number of aromatic nitrogens is 1. The minimum atomic E-state index is -0.414. The largest absolute Gasteiger partial charge is 0.621 e. The number of quaternary nitrogens is 2. The number of hydrogen-bond donors (Lipinski definition) is 4. The number of fused-ring (bicyclic) bond motifs is 1. The molecule has 1 saturated heterocycles. The van der Waals surface area contributed by atoms with Crippen molar-refractivity contribution in [1.82, 2.24) is 10.3 Å². The van der Waals surface area contributed by atoms with Gasteiger partial charge in [-0.1, -0.05) is 12.1 Å². The van der Waals surface area contributed by atoms with E-state index < -0.39 is 5.17 Å². The lowest BCUT2D eigenvalue weighted by atomic mass is 10.2. The van der Waals surface area contributed by atoms with Crippen LogP contribution in [0.5, 0.6) is 0 Å². The van der Waals surface area contributed by atoms with Crippen molar-refractivity contribution in [2.75, 3.05) is 36.4 Å². The van der Waals surface area contributed by atoms with E-state index in [1.807, 2.05) is 12.1 Å².